The Morgan fingerprint density at radius 2 is 1.94 bits per heavy atom. The molecule has 1 aromatic carbocycles. The minimum Gasteiger partial charge on any atom is -0.344 e. The van der Waals surface area contributed by atoms with E-state index in [1.54, 1.807) is 4.90 Å². The normalized spacial score (nSPS) is 11.4. The number of hydrogen-bond donors (Lipinski definition) is 1. The predicted molar refractivity (Wildman–Crippen MR) is 70.2 cm³/mol. The van der Waals surface area contributed by atoms with Crippen LogP contribution >= 0.6 is 15.9 Å². The second-order valence-electron chi connectivity index (χ2n) is 3.67. The Balaban J connectivity index is 3.05. The van der Waals surface area contributed by atoms with Crippen LogP contribution in [0, 0.1) is 22.7 Å². The largest absolute Gasteiger partial charge is 0.344 e. The zero-order valence-electron chi connectivity index (χ0n) is 9.52. The second kappa shape index (κ2) is 6.24. The van der Waals surface area contributed by atoms with Crippen LogP contribution in [0.2, 0.25) is 0 Å². The minimum atomic E-state index is -0.0410. The van der Waals surface area contributed by atoms with Gasteiger partial charge in [-0.1, -0.05) is 6.07 Å². The summed E-state index contributed by atoms with van der Waals surface area (Å²) < 4.78 is 0.845. The first-order valence-corrected chi connectivity index (χ1v) is 5.93. The zero-order valence-corrected chi connectivity index (χ0v) is 11.1. The van der Waals surface area contributed by atoms with Crippen molar-refractivity contribution in [1.82, 2.24) is 0 Å². The van der Waals surface area contributed by atoms with E-state index in [1.807, 2.05) is 37.3 Å². The average Bonchev–Trinajstić information content (AvgIpc) is 2.28. The first-order valence-electron chi connectivity index (χ1n) is 5.14. The van der Waals surface area contributed by atoms with E-state index < -0.39 is 0 Å². The van der Waals surface area contributed by atoms with E-state index in [9.17, 15) is 0 Å². The molecule has 0 radical (unpaired) electrons. The van der Waals surface area contributed by atoms with Crippen molar-refractivity contribution in [3.8, 4) is 12.1 Å². The van der Waals surface area contributed by atoms with Gasteiger partial charge in [-0.3, -0.25) is 0 Å². The number of hydrogen-bond acceptors (Lipinski definition) is 4. The van der Waals surface area contributed by atoms with Crippen LogP contribution in [0.5, 0.6) is 0 Å². The third-order valence-corrected chi connectivity index (χ3v) is 3.00. The Morgan fingerprint density at radius 1 is 1.35 bits per heavy atom. The molecule has 1 atom stereocenters. The maximum atomic E-state index is 8.72. The van der Waals surface area contributed by atoms with Gasteiger partial charge in [0.2, 0.25) is 0 Å². The van der Waals surface area contributed by atoms with Gasteiger partial charge in [0, 0.05) is 10.5 Å². The number of benzene rings is 1. The third kappa shape index (κ3) is 3.45. The second-order valence-corrected chi connectivity index (χ2v) is 4.53. The molecule has 4 nitrogen and oxygen atoms in total. The summed E-state index contributed by atoms with van der Waals surface area (Å²) >= 11 is 3.44. The van der Waals surface area contributed by atoms with Gasteiger partial charge >= 0.3 is 0 Å². The fourth-order valence-electron chi connectivity index (χ4n) is 1.46. The van der Waals surface area contributed by atoms with Gasteiger partial charge in [0.05, 0.1) is 17.8 Å². The highest BCUT2D eigenvalue weighted by Gasteiger charge is 2.11. The lowest BCUT2D eigenvalue weighted by Crippen LogP contribution is -2.24. The van der Waals surface area contributed by atoms with Crippen LogP contribution in [-0.4, -0.2) is 13.1 Å². The van der Waals surface area contributed by atoms with E-state index in [0.29, 0.717) is 0 Å². The molecule has 0 heterocycles. The number of rotatable bonds is 4. The van der Waals surface area contributed by atoms with E-state index in [1.165, 1.54) is 0 Å². The number of nitrogens with zero attached hydrogens (tertiary/aromatic N) is 3. The van der Waals surface area contributed by atoms with Crippen LogP contribution in [0.1, 0.15) is 18.5 Å². The molecule has 0 fully saturated rings. The smallest absolute Gasteiger partial charge is 0.107 e. The molecule has 0 aliphatic carbocycles. The molecule has 0 saturated carbocycles. The Labute approximate surface area is 109 Å². The molecule has 2 N–H and O–H groups in total. The molecule has 0 aliphatic heterocycles. The lowest BCUT2D eigenvalue weighted by atomic mass is 10.1. The highest BCUT2D eigenvalue weighted by molar-refractivity contribution is 9.10. The molecule has 17 heavy (non-hydrogen) atoms. The summed E-state index contributed by atoms with van der Waals surface area (Å²) in [4.78, 5) is 1.70. The monoisotopic (exact) mass is 292 g/mol. The van der Waals surface area contributed by atoms with Crippen LogP contribution < -0.4 is 10.6 Å². The number of nitrogens with two attached hydrogens (primary N) is 1. The van der Waals surface area contributed by atoms with E-state index in [2.05, 4.69) is 15.9 Å². The highest BCUT2D eigenvalue weighted by Crippen LogP contribution is 2.28. The fraction of sp³-hybridized carbons (Fsp3) is 0.333. The molecule has 0 unspecified atom stereocenters. The van der Waals surface area contributed by atoms with Crippen molar-refractivity contribution < 1.29 is 0 Å². The summed E-state index contributed by atoms with van der Waals surface area (Å²) in [6.45, 7) is 2.27. The molecule has 0 aromatic heterocycles. The maximum Gasteiger partial charge on any atom is 0.107 e. The van der Waals surface area contributed by atoms with Crippen LogP contribution in [-0.2, 0) is 0 Å². The van der Waals surface area contributed by atoms with Gasteiger partial charge in [-0.15, -0.1) is 0 Å². The van der Waals surface area contributed by atoms with Crippen LogP contribution in [0.3, 0.4) is 0 Å². The zero-order chi connectivity index (χ0) is 12.8. The van der Waals surface area contributed by atoms with E-state index in [-0.39, 0.29) is 19.1 Å². The van der Waals surface area contributed by atoms with Gasteiger partial charge in [0.25, 0.3) is 0 Å². The summed E-state index contributed by atoms with van der Waals surface area (Å²) in [7, 11) is 0. The lowest BCUT2D eigenvalue weighted by molar-refractivity contribution is 0.816. The fourth-order valence-corrected chi connectivity index (χ4v) is 2.11. The van der Waals surface area contributed by atoms with Crippen molar-refractivity contribution in [3.05, 3.63) is 28.2 Å². The molecule has 5 heteroatoms. The van der Waals surface area contributed by atoms with Crippen molar-refractivity contribution in [2.24, 2.45) is 5.73 Å². The quantitative estimate of drug-likeness (QED) is 0.864. The van der Waals surface area contributed by atoms with Gasteiger partial charge in [-0.05, 0) is 40.5 Å². The van der Waals surface area contributed by atoms with Gasteiger partial charge in [-0.25, -0.2) is 0 Å². The Hall–Kier alpha value is -1.56. The van der Waals surface area contributed by atoms with Gasteiger partial charge < -0.3 is 10.6 Å². The lowest BCUT2D eigenvalue weighted by Gasteiger charge is -2.20. The van der Waals surface area contributed by atoms with Crippen LogP contribution in [0.15, 0.2) is 22.7 Å². The van der Waals surface area contributed by atoms with Crippen molar-refractivity contribution in [2.45, 2.75) is 13.0 Å². The number of anilines is 1. The average molecular weight is 293 g/mol. The highest BCUT2D eigenvalue weighted by atomic mass is 79.9. The predicted octanol–water partition coefficient (Wildman–Crippen LogP) is 2.32. The SMILES string of the molecule is C[C@H](N)c1ccc(N(CC#N)CC#N)c(Br)c1. The summed E-state index contributed by atoms with van der Waals surface area (Å²) in [6, 6.07) is 9.75. The van der Waals surface area contributed by atoms with Crippen molar-refractivity contribution >= 4 is 21.6 Å². The molecule has 0 amide bonds. The maximum absolute atomic E-state index is 8.72. The third-order valence-electron chi connectivity index (χ3n) is 2.36. The molecular formula is C12H13BrN4. The summed E-state index contributed by atoms with van der Waals surface area (Å²) in [5.74, 6) is 0. The van der Waals surface area contributed by atoms with Gasteiger partial charge in [0.1, 0.15) is 13.1 Å². The first kappa shape index (κ1) is 13.5. The van der Waals surface area contributed by atoms with E-state index in [0.717, 1.165) is 15.7 Å². The minimum absolute atomic E-state index is 0.0410. The van der Waals surface area contributed by atoms with Crippen molar-refractivity contribution in [2.75, 3.05) is 18.0 Å². The molecule has 1 rings (SSSR count). The molecule has 0 bridgehead atoms. The molecule has 0 spiro atoms. The summed E-state index contributed by atoms with van der Waals surface area (Å²) in [5, 5.41) is 17.4. The number of nitriles is 2. The van der Waals surface area contributed by atoms with Crippen LogP contribution in [0.25, 0.3) is 0 Å². The topological polar surface area (TPSA) is 76.8 Å². The van der Waals surface area contributed by atoms with E-state index in [4.69, 9.17) is 16.3 Å². The molecular weight excluding hydrogens is 280 g/mol. The molecule has 0 saturated heterocycles. The molecule has 88 valence electrons. The van der Waals surface area contributed by atoms with Crippen molar-refractivity contribution in [3.63, 3.8) is 0 Å². The van der Waals surface area contributed by atoms with E-state index >= 15 is 0 Å². The number of halogens is 1. The Kier molecular flexibility index (Phi) is 4.96. The van der Waals surface area contributed by atoms with Gasteiger partial charge in [-0.2, -0.15) is 10.5 Å². The van der Waals surface area contributed by atoms with Crippen molar-refractivity contribution in [1.29, 1.82) is 10.5 Å². The first-order chi connectivity index (χ1) is 8.10. The Morgan fingerprint density at radius 3 is 2.35 bits per heavy atom. The molecule has 0 aliphatic rings. The van der Waals surface area contributed by atoms with Crippen LogP contribution in [0.4, 0.5) is 5.69 Å². The van der Waals surface area contributed by atoms with Gasteiger partial charge in [0.15, 0.2) is 0 Å². The Bertz CT molecular complexity index is 454. The summed E-state index contributed by atoms with van der Waals surface area (Å²) in [5.41, 5.74) is 7.63. The molecule has 1 aromatic rings. The summed E-state index contributed by atoms with van der Waals surface area (Å²) in [6.07, 6.45) is 0. The standard InChI is InChI=1S/C12H13BrN4/c1-9(16)10-2-3-12(11(13)8-10)17(6-4-14)7-5-15/h2-3,8-9H,6-7,16H2,1H3/t9-/m0/s1.